The van der Waals surface area contributed by atoms with Crippen LogP contribution >= 0.6 is 15.9 Å². The van der Waals surface area contributed by atoms with Gasteiger partial charge in [-0.3, -0.25) is 9.59 Å². The van der Waals surface area contributed by atoms with Crippen molar-refractivity contribution in [2.75, 3.05) is 26.4 Å². The fraction of sp³-hybridized carbons (Fsp3) is 0.519. The molecule has 37 heavy (non-hydrogen) atoms. The van der Waals surface area contributed by atoms with Crippen molar-refractivity contribution in [2.24, 2.45) is 11.8 Å². The third kappa shape index (κ3) is 7.66. The number of ether oxygens (including phenoxy) is 3. The molecule has 2 aromatic rings. The molecule has 3 atom stereocenters. The number of benzene rings is 1. The molecule has 1 fully saturated rings. The van der Waals surface area contributed by atoms with Crippen molar-refractivity contribution in [3.63, 3.8) is 0 Å². The van der Waals surface area contributed by atoms with Crippen LogP contribution in [0.4, 0.5) is 4.79 Å². The number of aliphatic hydroxyl groups excluding tert-OH is 1. The lowest BCUT2D eigenvalue weighted by Crippen LogP contribution is -2.47. The lowest BCUT2D eigenvalue weighted by atomic mass is 9.90. The zero-order valence-electron chi connectivity index (χ0n) is 21.4. The van der Waals surface area contributed by atoms with E-state index < -0.39 is 36.0 Å². The van der Waals surface area contributed by atoms with Crippen LogP contribution in [0.1, 0.15) is 50.4 Å². The molecule has 1 N–H and O–H groups in total. The number of rotatable bonds is 13. The van der Waals surface area contributed by atoms with E-state index in [0.29, 0.717) is 35.4 Å². The number of carbonyl (C=O) groups is 3. The normalized spacial score (nSPS) is 17.1. The van der Waals surface area contributed by atoms with Crippen molar-refractivity contribution in [1.29, 1.82) is 0 Å². The standard InChI is InChI=1S/C27H34BrNO8/c1-17(2)22-16-35-27(33)29(22)26(32)20(14-19-8-5-4-6-9-19)25(36-18(3)31)24-15-21(28)23(37-24)10-7-12-34-13-11-30/h4-6,8-9,15,17,20,22,25,30H,7,10-14,16H2,1-3H3/t20-,22+,25-/m1/s1. The van der Waals surface area contributed by atoms with Gasteiger partial charge in [-0.05, 0) is 46.3 Å². The average molecular weight is 580 g/mol. The summed E-state index contributed by atoms with van der Waals surface area (Å²) in [6, 6.07) is 10.6. The molecule has 9 nitrogen and oxygen atoms in total. The van der Waals surface area contributed by atoms with E-state index in [-0.39, 0.29) is 32.2 Å². The summed E-state index contributed by atoms with van der Waals surface area (Å²) in [6.07, 6.45) is -0.375. The Bertz CT molecular complexity index is 1050. The molecular formula is C27H34BrNO8. The van der Waals surface area contributed by atoms with Crippen molar-refractivity contribution in [2.45, 2.75) is 52.2 Å². The number of hydrogen-bond acceptors (Lipinski definition) is 8. The van der Waals surface area contributed by atoms with Gasteiger partial charge in [0.05, 0.1) is 29.6 Å². The third-order valence-corrected chi connectivity index (χ3v) is 6.84. The highest BCUT2D eigenvalue weighted by molar-refractivity contribution is 9.10. The van der Waals surface area contributed by atoms with Gasteiger partial charge in [-0.1, -0.05) is 44.2 Å². The summed E-state index contributed by atoms with van der Waals surface area (Å²) in [7, 11) is 0. The van der Waals surface area contributed by atoms with Gasteiger partial charge in [0.15, 0.2) is 6.10 Å². The second kappa shape index (κ2) is 13.7. The van der Waals surface area contributed by atoms with Crippen molar-refractivity contribution in [3.05, 3.63) is 58.0 Å². The number of aliphatic hydroxyl groups is 1. The highest BCUT2D eigenvalue weighted by Gasteiger charge is 2.46. The molecule has 2 heterocycles. The first-order valence-corrected chi connectivity index (χ1v) is 13.2. The van der Waals surface area contributed by atoms with E-state index >= 15 is 0 Å². The number of halogens is 1. The summed E-state index contributed by atoms with van der Waals surface area (Å²) in [4.78, 5) is 40.0. The zero-order valence-corrected chi connectivity index (χ0v) is 22.9. The number of aryl methyl sites for hydroxylation is 1. The highest BCUT2D eigenvalue weighted by atomic mass is 79.9. The predicted octanol–water partition coefficient (Wildman–Crippen LogP) is 4.45. The van der Waals surface area contributed by atoms with E-state index in [1.807, 2.05) is 44.2 Å². The molecule has 2 amide bonds. The fourth-order valence-electron chi connectivity index (χ4n) is 4.31. The Hall–Kier alpha value is -2.69. The van der Waals surface area contributed by atoms with Crippen LogP contribution in [0.3, 0.4) is 0 Å². The Balaban J connectivity index is 1.95. The first kappa shape index (κ1) is 28.9. The van der Waals surface area contributed by atoms with Crippen LogP contribution in [0.15, 0.2) is 45.3 Å². The number of nitrogens with zero attached hydrogens (tertiary/aromatic N) is 1. The number of imide groups is 1. The predicted molar refractivity (Wildman–Crippen MR) is 138 cm³/mol. The summed E-state index contributed by atoms with van der Waals surface area (Å²) in [5.41, 5.74) is 0.846. The second-order valence-electron chi connectivity index (χ2n) is 9.28. The molecule has 1 aliphatic rings. The van der Waals surface area contributed by atoms with E-state index in [1.165, 1.54) is 6.92 Å². The van der Waals surface area contributed by atoms with E-state index in [0.717, 1.165) is 10.5 Å². The lowest BCUT2D eigenvalue weighted by Gasteiger charge is -2.30. The lowest BCUT2D eigenvalue weighted by molar-refractivity contribution is -0.155. The van der Waals surface area contributed by atoms with E-state index in [9.17, 15) is 14.4 Å². The Morgan fingerprint density at radius 3 is 2.59 bits per heavy atom. The van der Waals surface area contributed by atoms with Gasteiger partial charge < -0.3 is 23.7 Å². The minimum absolute atomic E-state index is 0.0163. The summed E-state index contributed by atoms with van der Waals surface area (Å²) in [6.45, 7) is 5.89. The average Bonchev–Trinajstić information content (AvgIpc) is 3.43. The van der Waals surface area contributed by atoms with Crippen molar-refractivity contribution >= 4 is 33.9 Å². The smallest absolute Gasteiger partial charge is 0.416 e. The van der Waals surface area contributed by atoms with Crippen LogP contribution in [0.5, 0.6) is 0 Å². The quantitative estimate of drug-likeness (QED) is 0.273. The fourth-order valence-corrected chi connectivity index (χ4v) is 4.81. The van der Waals surface area contributed by atoms with Crippen LogP contribution < -0.4 is 0 Å². The maximum atomic E-state index is 14.0. The summed E-state index contributed by atoms with van der Waals surface area (Å²) >= 11 is 3.51. The summed E-state index contributed by atoms with van der Waals surface area (Å²) < 4.78 is 23.0. The molecule has 0 radical (unpaired) electrons. The molecule has 10 heteroatoms. The SMILES string of the molecule is CC(=O)O[C@@H](c1cc(Br)c(CCCOCCO)o1)[C@@H](Cc1ccccc1)C(=O)N1C(=O)OC[C@H]1C(C)C. The molecule has 0 unspecified atom stereocenters. The first-order chi connectivity index (χ1) is 17.7. The number of furan rings is 1. The van der Waals surface area contributed by atoms with Crippen LogP contribution in [-0.4, -0.2) is 60.4 Å². The van der Waals surface area contributed by atoms with E-state index in [4.69, 9.17) is 23.7 Å². The minimum atomic E-state index is -1.07. The van der Waals surface area contributed by atoms with Crippen LogP contribution in [0.2, 0.25) is 0 Å². The molecular weight excluding hydrogens is 546 g/mol. The van der Waals surface area contributed by atoms with Crippen molar-refractivity contribution in [3.8, 4) is 0 Å². The molecule has 0 bridgehead atoms. The number of carbonyl (C=O) groups excluding carboxylic acids is 3. The van der Waals surface area contributed by atoms with Crippen molar-refractivity contribution < 1.29 is 38.1 Å². The van der Waals surface area contributed by atoms with E-state index in [2.05, 4.69) is 15.9 Å². The monoisotopic (exact) mass is 579 g/mol. The zero-order chi connectivity index (χ0) is 26.9. The second-order valence-corrected chi connectivity index (χ2v) is 10.1. The van der Waals surface area contributed by atoms with Crippen LogP contribution in [0.25, 0.3) is 0 Å². The van der Waals surface area contributed by atoms with Crippen LogP contribution in [0, 0.1) is 11.8 Å². The molecule has 3 rings (SSSR count). The van der Waals surface area contributed by atoms with Gasteiger partial charge in [-0.25, -0.2) is 9.69 Å². The van der Waals surface area contributed by atoms with Gasteiger partial charge in [-0.2, -0.15) is 0 Å². The molecule has 1 saturated heterocycles. The number of hydrogen-bond donors (Lipinski definition) is 1. The largest absolute Gasteiger partial charge is 0.461 e. The number of esters is 1. The van der Waals surface area contributed by atoms with E-state index in [1.54, 1.807) is 6.07 Å². The molecule has 1 aliphatic heterocycles. The number of amides is 2. The van der Waals surface area contributed by atoms with Gasteiger partial charge in [0.1, 0.15) is 18.1 Å². The molecule has 202 valence electrons. The molecule has 1 aromatic heterocycles. The first-order valence-electron chi connectivity index (χ1n) is 12.4. The maximum Gasteiger partial charge on any atom is 0.416 e. The minimum Gasteiger partial charge on any atom is -0.461 e. The topological polar surface area (TPSA) is 116 Å². The molecule has 0 saturated carbocycles. The summed E-state index contributed by atoms with van der Waals surface area (Å²) in [5.74, 6) is -1.09. The number of cyclic esters (lactones) is 1. The summed E-state index contributed by atoms with van der Waals surface area (Å²) in [5, 5.41) is 8.85. The molecule has 1 aromatic carbocycles. The Morgan fingerprint density at radius 2 is 1.95 bits per heavy atom. The molecule has 0 spiro atoms. The Kier molecular flexibility index (Phi) is 10.7. The van der Waals surface area contributed by atoms with Gasteiger partial charge >= 0.3 is 12.1 Å². The maximum absolute atomic E-state index is 14.0. The third-order valence-electron chi connectivity index (χ3n) is 6.17. The van der Waals surface area contributed by atoms with Gasteiger partial charge in [-0.15, -0.1) is 0 Å². The van der Waals surface area contributed by atoms with Crippen LogP contribution in [-0.2, 0) is 36.6 Å². The Morgan fingerprint density at radius 1 is 1.22 bits per heavy atom. The van der Waals surface area contributed by atoms with Crippen molar-refractivity contribution in [1.82, 2.24) is 4.90 Å². The molecule has 0 aliphatic carbocycles. The Labute approximate surface area is 225 Å². The van der Waals surface area contributed by atoms with Gasteiger partial charge in [0.2, 0.25) is 5.91 Å². The van der Waals surface area contributed by atoms with Gasteiger partial charge in [0, 0.05) is 20.0 Å². The van der Waals surface area contributed by atoms with Gasteiger partial charge in [0.25, 0.3) is 0 Å². The highest BCUT2D eigenvalue weighted by Crippen LogP contribution is 2.37.